The van der Waals surface area contributed by atoms with Crippen LogP contribution in [-0.4, -0.2) is 28.3 Å². The average Bonchev–Trinajstić information content (AvgIpc) is 2.98. The van der Waals surface area contributed by atoms with Gasteiger partial charge < -0.3 is 16.0 Å². The minimum Gasteiger partial charge on any atom is -0.331 e. The zero-order valence-corrected chi connectivity index (χ0v) is 11.5. The number of nitrogens with zero attached hydrogens (tertiary/aromatic N) is 2. The van der Waals surface area contributed by atoms with Crippen LogP contribution in [0.2, 0.25) is 0 Å². The number of amides is 2. The van der Waals surface area contributed by atoms with Crippen molar-refractivity contribution < 1.29 is 4.79 Å². The molecule has 1 aromatic heterocycles. The predicted octanol–water partition coefficient (Wildman–Crippen LogP) is 1.41. The summed E-state index contributed by atoms with van der Waals surface area (Å²) in [6, 6.07) is 7.66. The number of hydrogen-bond acceptors (Lipinski definition) is 4. The van der Waals surface area contributed by atoms with E-state index in [1.54, 1.807) is 0 Å². The molecule has 7 heteroatoms. The van der Waals surface area contributed by atoms with Crippen LogP contribution in [0.4, 0.5) is 10.5 Å². The van der Waals surface area contributed by atoms with E-state index >= 15 is 0 Å². The first kappa shape index (κ1) is 14.0. The molecule has 7 nitrogen and oxygen atoms in total. The Morgan fingerprint density at radius 2 is 2.30 bits per heavy atom. The van der Waals surface area contributed by atoms with Crippen LogP contribution in [0.15, 0.2) is 30.6 Å². The van der Waals surface area contributed by atoms with Crippen LogP contribution < -0.4 is 16.0 Å². The summed E-state index contributed by atoms with van der Waals surface area (Å²) in [5.74, 6) is 0.609. The second-order valence-electron chi connectivity index (χ2n) is 4.38. The van der Waals surface area contributed by atoms with Gasteiger partial charge in [-0.15, -0.1) is 0 Å². The van der Waals surface area contributed by atoms with Gasteiger partial charge >= 0.3 is 6.03 Å². The van der Waals surface area contributed by atoms with E-state index in [0.29, 0.717) is 12.4 Å². The zero-order valence-electron chi connectivity index (χ0n) is 11.5. The lowest BCUT2D eigenvalue weighted by molar-refractivity contribution is 0.251. The molecule has 0 saturated heterocycles. The summed E-state index contributed by atoms with van der Waals surface area (Å²) in [4.78, 5) is 15.7. The van der Waals surface area contributed by atoms with Crippen molar-refractivity contribution in [3.8, 4) is 0 Å². The summed E-state index contributed by atoms with van der Waals surface area (Å²) in [7, 11) is 1.90. The van der Waals surface area contributed by atoms with Crippen molar-refractivity contribution >= 4 is 11.7 Å². The molecule has 0 saturated carbocycles. The first-order valence-electron chi connectivity index (χ1n) is 6.35. The Kier molecular flexibility index (Phi) is 4.67. The Morgan fingerprint density at radius 1 is 1.45 bits per heavy atom. The van der Waals surface area contributed by atoms with E-state index in [2.05, 4.69) is 38.1 Å². The highest BCUT2D eigenvalue weighted by atomic mass is 16.2. The molecule has 0 aliphatic heterocycles. The second-order valence-corrected chi connectivity index (χ2v) is 4.38. The van der Waals surface area contributed by atoms with E-state index in [0.717, 1.165) is 11.3 Å². The summed E-state index contributed by atoms with van der Waals surface area (Å²) in [6.07, 6.45) is 1.40. The maximum Gasteiger partial charge on any atom is 0.319 e. The number of H-pyrrole nitrogens is 1. The van der Waals surface area contributed by atoms with E-state index in [-0.39, 0.29) is 12.1 Å². The number of aromatic amines is 1. The maximum absolute atomic E-state index is 11.8. The second kappa shape index (κ2) is 6.67. The Bertz CT molecular complexity index is 554. The smallest absolute Gasteiger partial charge is 0.319 e. The van der Waals surface area contributed by atoms with Crippen LogP contribution in [0.5, 0.6) is 0 Å². The van der Waals surface area contributed by atoms with Crippen molar-refractivity contribution in [3.05, 3.63) is 42.0 Å². The Labute approximate surface area is 117 Å². The van der Waals surface area contributed by atoms with Gasteiger partial charge in [0.2, 0.25) is 0 Å². The third-order valence-electron chi connectivity index (χ3n) is 2.96. The normalized spacial score (nSPS) is 11.9. The van der Waals surface area contributed by atoms with E-state index in [4.69, 9.17) is 0 Å². The van der Waals surface area contributed by atoms with Gasteiger partial charge in [-0.1, -0.05) is 12.1 Å². The lowest BCUT2D eigenvalue weighted by Gasteiger charge is -2.12. The minimum atomic E-state index is -0.282. The molecular formula is C13H18N6O. The highest BCUT2D eigenvalue weighted by molar-refractivity contribution is 5.89. The van der Waals surface area contributed by atoms with Crippen molar-refractivity contribution in [1.82, 2.24) is 25.8 Å². The van der Waals surface area contributed by atoms with Crippen LogP contribution in [0.1, 0.15) is 24.4 Å². The molecule has 4 N–H and O–H groups in total. The van der Waals surface area contributed by atoms with E-state index < -0.39 is 0 Å². The van der Waals surface area contributed by atoms with Crippen molar-refractivity contribution in [1.29, 1.82) is 0 Å². The minimum absolute atomic E-state index is 0.231. The Hall–Kier alpha value is -2.41. The number of aromatic nitrogens is 3. The first-order valence-corrected chi connectivity index (χ1v) is 6.35. The number of benzene rings is 1. The number of rotatable bonds is 5. The molecule has 106 valence electrons. The van der Waals surface area contributed by atoms with Crippen LogP contribution in [-0.2, 0) is 6.54 Å². The third kappa shape index (κ3) is 3.79. The van der Waals surface area contributed by atoms with Gasteiger partial charge in [0, 0.05) is 11.7 Å². The molecule has 0 bridgehead atoms. The highest BCUT2D eigenvalue weighted by Crippen LogP contribution is 2.16. The fourth-order valence-corrected chi connectivity index (χ4v) is 1.71. The number of nitrogens with one attached hydrogen (secondary N) is 4. The number of carbonyl (C=O) groups is 1. The Morgan fingerprint density at radius 3 is 3.00 bits per heavy atom. The van der Waals surface area contributed by atoms with Crippen molar-refractivity contribution in [3.63, 3.8) is 0 Å². The average molecular weight is 274 g/mol. The fraction of sp³-hybridized carbons (Fsp3) is 0.308. The number of anilines is 1. The van der Waals surface area contributed by atoms with Gasteiger partial charge in [-0.25, -0.2) is 9.78 Å². The molecule has 2 aromatic rings. The molecule has 1 aromatic carbocycles. The summed E-state index contributed by atoms with van der Waals surface area (Å²) in [5.41, 5.74) is 1.86. The molecule has 0 spiro atoms. The van der Waals surface area contributed by atoms with E-state index in [1.807, 2.05) is 31.3 Å². The molecule has 2 rings (SSSR count). The van der Waals surface area contributed by atoms with Crippen LogP contribution in [0, 0.1) is 0 Å². The Balaban J connectivity index is 1.90. The molecular weight excluding hydrogens is 256 g/mol. The lowest BCUT2D eigenvalue weighted by atomic mass is 10.1. The van der Waals surface area contributed by atoms with Gasteiger partial charge in [-0.05, 0) is 31.7 Å². The van der Waals surface area contributed by atoms with Crippen LogP contribution in [0.3, 0.4) is 0 Å². The molecule has 20 heavy (non-hydrogen) atoms. The molecule has 0 radical (unpaired) electrons. The van der Waals surface area contributed by atoms with Crippen molar-refractivity contribution in [2.45, 2.75) is 19.5 Å². The van der Waals surface area contributed by atoms with E-state index in [9.17, 15) is 4.79 Å². The highest BCUT2D eigenvalue weighted by Gasteiger charge is 2.06. The zero-order chi connectivity index (χ0) is 14.4. The summed E-state index contributed by atoms with van der Waals surface area (Å²) in [5, 5.41) is 15.0. The molecule has 0 aliphatic rings. The van der Waals surface area contributed by atoms with Gasteiger partial charge in [-0.3, -0.25) is 5.10 Å². The molecule has 1 heterocycles. The first-order chi connectivity index (χ1) is 9.69. The van der Waals surface area contributed by atoms with Gasteiger partial charge in [0.15, 0.2) is 0 Å². The maximum atomic E-state index is 11.8. The molecule has 1 unspecified atom stereocenters. The predicted molar refractivity (Wildman–Crippen MR) is 76.2 cm³/mol. The summed E-state index contributed by atoms with van der Waals surface area (Å²) < 4.78 is 0. The fourth-order valence-electron chi connectivity index (χ4n) is 1.71. The van der Waals surface area contributed by atoms with Crippen LogP contribution >= 0.6 is 0 Å². The number of hydrogen-bond donors (Lipinski definition) is 4. The monoisotopic (exact) mass is 274 g/mol. The summed E-state index contributed by atoms with van der Waals surface area (Å²) in [6.45, 7) is 2.36. The molecule has 0 aliphatic carbocycles. The van der Waals surface area contributed by atoms with Crippen molar-refractivity contribution in [2.75, 3.05) is 12.4 Å². The molecule has 2 amide bonds. The standard InChI is InChI=1S/C13H18N6O/c1-9(14-2)10-4-3-5-11(6-10)18-13(20)15-7-12-16-8-17-19-12/h3-6,8-9,14H,7H2,1-2H3,(H2,15,18,20)(H,16,17,19). The third-order valence-corrected chi connectivity index (χ3v) is 2.96. The number of urea groups is 1. The van der Waals surface area contributed by atoms with Gasteiger partial charge in [0.25, 0.3) is 0 Å². The van der Waals surface area contributed by atoms with Crippen molar-refractivity contribution in [2.24, 2.45) is 0 Å². The summed E-state index contributed by atoms with van der Waals surface area (Å²) >= 11 is 0. The quantitative estimate of drug-likeness (QED) is 0.663. The topological polar surface area (TPSA) is 94.7 Å². The SMILES string of the molecule is CNC(C)c1cccc(NC(=O)NCc2ncn[nH]2)c1. The lowest BCUT2D eigenvalue weighted by Crippen LogP contribution is -2.28. The van der Waals surface area contributed by atoms with Gasteiger partial charge in [0.1, 0.15) is 12.2 Å². The van der Waals surface area contributed by atoms with Crippen LogP contribution in [0.25, 0.3) is 0 Å². The van der Waals surface area contributed by atoms with Gasteiger partial charge in [-0.2, -0.15) is 5.10 Å². The number of carbonyl (C=O) groups excluding carboxylic acids is 1. The van der Waals surface area contributed by atoms with E-state index in [1.165, 1.54) is 6.33 Å². The largest absolute Gasteiger partial charge is 0.331 e. The van der Waals surface area contributed by atoms with Gasteiger partial charge in [0.05, 0.1) is 6.54 Å². The molecule has 1 atom stereocenters. The molecule has 0 fully saturated rings.